The first-order valence-electron chi connectivity index (χ1n) is 5.19. The van der Waals surface area contributed by atoms with E-state index in [1.165, 1.54) is 18.2 Å². The molecular formula is C13H9FN2O2. The molecule has 18 heavy (non-hydrogen) atoms. The van der Waals surface area contributed by atoms with Crippen LogP contribution in [0.1, 0.15) is 5.56 Å². The van der Waals surface area contributed by atoms with Gasteiger partial charge in [0.1, 0.15) is 6.61 Å². The lowest BCUT2D eigenvalue weighted by molar-refractivity contribution is 0.290. The number of aromatic nitrogens is 1. The number of rotatable bonds is 4. The fourth-order valence-corrected chi connectivity index (χ4v) is 1.37. The van der Waals surface area contributed by atoms with Gasteiger partial charge in [-0.1, -0.05) is 6.07 Å². The van der Waals surface area contributed by atoms with Gasteiger partial charge in [-0.15, -0.1) is 0 Å². The second kappa shape index (κ2) is 5.70. The summed E-state index contributed by atoms with van der Waals surface area (Å²) in [6, 6.07) is 7.62. The highest BCUT2D eigenvalue weighted by atomic mass is 19.1. The van der Waals surface area contributed by atoms with Gasteiger partial charge in [-0.25, -0.2) is 9.18 Å². The van der Waals surface area contributed by atoms with E-state index in [4.69, 9.17) is 4.74 Å². The van der Waals surface area contributed by atoms with E-state index >= 15 is 0 Å². The molecule has 90 valence electrons. The Hall–Kier alpha value is -2.52. The molecule has 0 aliphatic heterocycles. The zero-order chi connectivity index (χ0) is 12.8. The summed E-state index contributed by atoms with van der Waals surface area (Å²) in [5.41, 5.74) is 1.04. The van der Waals surface area contributed by atoms with Crippen LogP contribution >= 0.6 is 0 Å². The number of aliphatic imine (C=N–C) groups is 1. The lowest BCUT2D eigenvalue weighted by Gasteiger charge is -2.07. The third kappa shape index (κ3) is 2.99. The van der Waals surface area contributed by atoms with Gasteiger partial charge in [-0.05, 0) is 18.2 Å². The highest BCUT2D eigenvalue weighted by Crippen LogP contribution is 2.23. The van der Waals surface area contributed by atoms with Crippen molar-refractivity contribution in [2.24, 2.45) is 4.99 Å². The average molecular weight is 244 g/mol. The van der Waals surface area contributed by atoms with Gasteiger partial charge in [0.2, 0.25) is 6.08 Å². The molecule has 0 amide bonds. The fraction of sp³-hybridized carbons (Fsp3) is 0.0769. The third-order valence-corrected chi connectivity index (χ3v) is 2.21. The number of halogens is 1. The zero-order valence-electron chi connectivity index (χ0n) is 9.34. The van der Waals surface area contributed by atoms with Crippen LogP contribution < -0.4 is 4.74 Å². The maximum absolute atomic E-state index is 13.5. The lowest BCUT2D eigenvalue weighted by atomic mass is 10.3. The van der Waals surface area contributed by atoms with E-state index in [1.54, 1.807) is 18.5 Å². The van der Waals surface area contributed by atoms with Gasteiger partial charge < -0.3 is 4.74 Å². The number of pyridine rings is 1. The monoisotopic (exact) mass is 244 g/mol. The number of hydrogen-bond donors (Lipinski definition) is 0. The molecule has 4 nitrogen and oxygen atoms in total. The topological polar surface area (TPSA) is 51.5 Å². The van der Waals surface area contributed by atoms with Gasteiger partial charge in [0.15, 0.2) is 11.6 Å². The van der Waals surface area contributed by atoms with E-state index < -0.39 is 5.82 Å². The molecule has 0 unspecified atom stereocenters. The first kappa shape index (κ1) is 12.0. The van der Waals surface area contributed by atoms with E-state index in [9.17, 15) is 9.18 Å². The molecule has 2 aromatic rings. The van der Waals surface area contributed by atoms with Crippen LogP contribution in [0.25, 0.3) is 0 Å². The van der Waals surface area contributed by atoms with Crippen molar-refractivity contribution in [1.29, 1.82) is 0 Å². The van der Waals surface area contributed by atoms with Gasteiger partial charge in [0.05, 0.1) is 5.69 Å². The number of benzene rings is 1. The van der Waals surface area contributed by atoms with Crippen LogP contribution in [-0.2, 0) is 11.4 Å². The number of nitrogens with zero attached hydrogens (tertiary/aromatic N) is 2. The minimum Gasteiger partial charge on any atom is -0.486 e. The first-order valence-corrected chi connectivity index (χ1v) is 5.19. The second-order valence-corrected chi connectivity index (χ2v) is 3.47. The Kier molecular flexibility index (Phi) is 3.79. The normalized spacial score (nSPS) is 9.61. The molecule has 0 N–H and O–H groups in total. The van der Waals surface area contributed by atoms with Crippen molar-refractivity contribution in [2.45, 2.75) is 6.61 Å². The first-order chi connectivity index (χ1) is 8.79. The molecule has 1 aromatic heterocycles. The van der Waals surface area contributed by atoms with Crippen LogP contribution in [0.15, 0.2) is 47.7 Å². The van der Waals surface area contributed by atoms with E-state index in [2.05, 4.69) is 9.98 Å². The van der Waals surface area contributed by atoms with Crippen LogP contribution in [0.2, 0.25) is 0 Å². The van der Waals surface area contributed by atoms with Crippen LogP contribution in [-0.4, -0.2) is 11.1 Å². The van der Waals surface area contributed by atoms with Crippen molar-refractivity contribution in [1.82, 2.24) is 4.98 Å². The van der Waals surface area contributed by atoms with E-state index in [1.807, 2.05) is 6.07 Å². The molecule has 2 rings (SSSR count). The Morgan fingerprint density at radius 3 is 2.94 bits per heavy atom. The smallest absolute Gasteiger partial charge is 0.240 e. The summed E-state index contributed by atoms with van der Waals surface area (Å²) in [6.07, 6.45) is 4.64. The highest BCUT2D eigenvalue weighted by molar-refractivity contribution is 5.50. The van der Waals surface area contributed by atoms with Crippen molar-refractivity contribution in [3.8, 4) is 5.75 Å². The SMILES string of the molecule is O=C=Nc1ccc(OCc2cccnc2)c(F)c1. The Bertz CT molecular complexity index is 581. The lowest BCUT2D eigenvalue weighted by Crippen LogP contribution is -1.97. The molecule has 0 saturated carbocycles. The second-order valence-electron chi connectivity index (χ2n) is 3.47. The molecule has 0 saturated heterocycles. The summed E-state index contributed by atoms with van der Waals surface area (Å²) in [4.78, 5) is 17.3. The molecule has 5 heteroatoms. The summed E-state index contributed by atoms with van der Waals surface area (Å²) in [7, 11) is 0. The van der Waals surface area contributed by atoms with Gasteiger partial charge in [0, 0.05) is 24.0 Å². The standard InChI is InChI=1S/C13H9FN2O2/c14-12-6-11(16-9-17)3-4-13(12)18-8-10-2-1-5-15-7-10/h1-7H,8H2. The van der Waals surface area contributed by atoms with E-state index in [0.29, 0.717) is 0 Å². The van der Waals surface area contributed by atoms with Crippen molar-refractivity contribution in [3.63, 3.8) is 0 Å². The van der Waals surface area contributed by atoms with Gasteiger partial charge in [0.25, 0.3) is 0 Å². The van der Waals surface area contributed by atoms with Crippen LogP contribution in [0, 0.1) is 5.82 Å². The maximum atomic E-state index is 13.5. The molecule has 0 bridgehead atoms. The van der Waals surface area contributed by atoms with Crippen LogP contribution in [0.4, 0.5) is 10.1 Å². The zero-order valence-corrected chi connectivity index (χ0v) is 9.34. The van der Waals surface area contributed by atoms with Crippen molar-refractivity contribution < 1.29 is 13.9 Å². The predicted molar refractivity (Wildman–Crippen MR) is 62.8 cm³/mol. The fourth-order valence-electron chi connectivity index (χ4n) is 1.37. The van der Waals surface area contributed by atoms with Gasteiger partial charge in [-0.3, -0.25) is 4.98 Å². The molecule has 0 spiro atoms. The summed E-state index contributed by atoms with van der Waals surface area (Å²) in [5, 5.41) is 0. The average Bonchev–Trinajstić information content (AvgIpc) is 2.39. The number of carbonyl (C=O) groups excluding carboxylic acids is 1. The van der Waals surface area contributed by atoms with Crippen molar-refractivity contribution >= 4 is 11.8 Å². The maximum Gasteiger partial charge on any atom is 0.240 e. The van der Waals surface area contributed by atoms with E-state index in [0.717, 1.165) is 11.6 Å². The van der Waals surface area contributed by atoms with Crippen LogP contribution in [0.3, 0.4) is 0 Å². The highest BCUT2D eigenvalue weighted by Gasteiger charge is 2.04. The quantitative estimate of drug-likeness (QED) is 0.613. The molecule has 0 aliphatic rings. The van der Waals surface area contributed by atoms with Crippen molar-refractivity contribution in [3.05, 3.63) is 54.1 Å². The minimum absolute atomic E-state index is 0.101. The van der Waals surface area contributed by atoms with E-state index in [-0.39, 0.29) is 18.0 Å². The summed E-state index contributed by atoms with van der Waals surface area (Å²) in [6.45, 7) is 0.223. The molecule has 0 aliphatic carbocycles. The molecule has 0 fully saturated rings. The Morgan fingerprint density at radius 1 is 1.39 bits per heavy atom. The number of ether oxygens (including phenoxy) is 1. The molecule has 1 heterocycles. The Morgan fingerprint density at radius 2 is 2.28 bits per heavy atom. The van der Waals surface area contributed by atoms with Crippen molar-refractivity contribution in [2.75, 3.05) is 0 Å². The summed E-state index contributed by atoms with van der Waals surface area (Å²) >= 11 is 0. The number of hydrogen-bond acceptors (Lipinski definition) is 4. The molecular weight excluding hydrogens is 235 g/mol. The summed E-state index contributed by atoms with van der Waals surface area (Å²) < 4.78 is 18.8. The molecule has 1 aromatic carbocycles. The minimum atomic E-state index is -0.574. The molecule has 0 radical (unpaired) electrons. The summed E-state index contributed by atoms with van der Waals surface area (Å²) in [5.74, 6) is -0.473. The largest absolute Gasteiger partial charge is 0.486 e. The van der Waals surface area contributed by atoms with Gasteiger partial charge in [-0.2, -0.15) is 4.99 Å². The Balaban J connectivity index is 2.08. The van der Waals surface area contributed by atoms with Gasteiger partial charge >= 0.3 is 0 Å². The third-order valence-electron chi connectivity index (χ3n) is 2.21. The predicted octanol–water partition coefficient (Wildman–Crippen LogP) is 2.77. The number of isocyanates is 1. The molecule has 0 atom stereocenters. The van der Waals surface area contributed by atoms with Crippen LogP contribution in [0.5, 0.6) is 5.75 Å². The Labute approximate surface area is 103 Å².